The number of amides is 1. The van der Waals surface area contributed by atoms with E-state index in [1.54, 1.807) is 36.0 Å². The molecule has 0 fully saturated rings. The number of thioether (sulfide) groups is 1. The van der Waals surface area contributed by atoms with Crippen molar-refractivity contribution in [2.24, 2.45) is 5.41 Å². The number of benzene rings is 2. The molecule has 2 aromatic rings. The Hall–Kier alpha value is -2.18. The zero-order valence-corrected chi connectivity index (χ0v) is 16.0. The Labute approximate surface area is 158 Å². The fourth-order valence-electron chi connectivity index (χ4n) is 2.68. The highest BCUT2D eigenvalue weighted by atomic mass is 32.2. The Morgan fingerprint density at radius 3 is 2.31 bits per heavy atom. The van der Waals surface area contributed by atoms with Gasteiger partial charge in [-0.2, -0.15) is 0 Å². The number of aliphatic hydroxyl groups excluding tert-OH is 1. The van der Waals surface area contributed by atoms with Crippen LogP contribution in [0.2, 0.25) is 0 Å². The van der Waals surface area contributed by atoms with Crippen LogP contribution in [0.5, 0.6) is 5.75 Å². The van der Waals surface area contributed by atoms with E-state index in [2.05, 4.69) is 5.32 Å². The van der Waals surface area contributed by atoms with Crippen LogP contribution in [0.25, 0.3) is 0 Å². The van der Waals surface area contributed by atoms with Gasteiger partial charge in [-0.3, -0.25) is 5.32 Å². The summed E-state index contributed by atoms with van der Waals surface area (Å²) in [6, 6.07) is 14.0. The molecule has 0 saturated carbocycles. The number of anilines is 1. The molecule has 140 valence electrons. The van der Waals surface area contributed by atoms with Gasteiger partial charge in [0.2, 0.25) is 0 Å². The van der Waals surface area contributed by atoms with Crippen molar-refractivity contribution in [2.75, 3.05) is 18.2 Å². The number of carbonyl (C=O) groups is 1. The van der Waals surface area contributed by atoms with Crippen LogP contribution in [0.1, 0.15) is 31.9 Å². The first-order valence-electron chi connectivity index (χ1n) is 8.37. The molecular weight excluding hydrogens is 350 g/mol. The second-order valence-electron chi connectivity index (χ2n) is 6.69. The molecule has 1 atom stereocenters. The van der Waals surface area contributed by atoms with Crippen molar-refractivity contribution in [1.29, 1.82) is 0 Å². The Kier molecular flexibility index (Phi) is 6.94. The third kappa shape index (κ3) is 5.41. The summed E-state index contributed by atoms with van der Waals surface area (Å²) in [5.74, 6) is 0.144. The fraction of sp³-hybridized carbons (Fsp3) is 0.350. The zero-order chi connectivity index (χ0) is 19.2. The first-order valence-corrected chi connectivity index (χ1v) is 9.59. The molecule has 0 bridgehead atoms. The van der Waals surface area contributed by atoms with Gasteiger partial charge in [-0.15, -0.1) is 11.8 Å². The van der Waals surface area contributed by atoms with E-state index in [-0.39, 0.29) is 12.4 Å². The van der Waals surface area contributed by atoms with E-state index in [1.807, 2.05) is 44.4 Å². The summed E-state index contributed by atoms with van der Waals surface area (Å²) in [4.78, 5) is 13.5. The molecule has 5 nitrogen and oxygen atoms in total. The van der Waals surface area contributed by atoms with E-state index >= 15 is 0 Å². The lowest BCUT2D eigenvalue weighted by Crippen LogP contribution is -2.29. The largest absolute Gasteiger partial charge is 0.508 e. The number of phenols is 1. The van der Waals surface area contributed by atoms with Gasteiger partial charge >= 0.3 is 6.09 Å². The molecule has 0 aliphatic carbocycles. The van der Waals surface area contributed by atoms with Gasteiger partial charge in [-0.1, -0.05) is 26.0 Å². The Balaban J connectivity index is 2.16. The molecule has 2 aromatic carbocycles. The van der Waals surface area contributed by atoms with E-state index in [4.69, 9.17) is 4.74 Å². The van der Waals surface area contributed by atoms with Gasteiger partial charge in [-0.25, -0.2) is 4.79 Å². The molecule has 0 radical (unpaired) electrons. The zero-order valence-electron chi connectivity index (χ0n) is 15.2. The van der Waals surface area contributed by atoms with Gasteiger partial charge in [0, 0.05) is 22.6 Å². The normalized spacial score (nSPS) is 12.5. The highest BCUT2D eigenvalue weighted by molar-refractivity contribution is 7.98. The van der Waals surface area contributed by atoms with E-state index in [0.29, 0.717) is 12.1 Å². The molecule has 6 heteroatoms. The van der Waals surface area contributed by atoms with Crippen molar-refractivity contribution in [3.05, 3.63) is 54.1 Å². The first kappa shape index (κ1) is 20.1. The number of phenolic OH excluding ortho intramolecular Hbond substituents is 1. The van der Waals surface area contributed by atoms with Gasteiger partial charge in [0.1, 0.15) is 11.9 Å². The lowest BCUT2D eigenvalue weighted by Gasteiger charge is -2.33. The summed E-state index contributed by atoms with van der Waals surface area (Å²) in [6.45, 7) is 3.85. The molecule has 0 spiro atoms. The number of hydrogen-bond donors (Lipinski definition) is 3. The Bertz CT molecular complexity index is 714. The van der Waals surface area contributed by atoms with Crippen molar-refractivity contribution in [3.63, 3.8) is 0 Å². The van der Waals surface area contributed by atoms with Crippen LogP contribution in [0, 0.1) is 5.41 Å². The number of rotatable bonds is 7. The average Bonchev–Trinajstić information content (AvgIpc) is 2.61. The third-order valence-corrected chi connectivity index (χ3v) is 4.97. The second-order valence-corrected chi connectivity index (χ2v) is 7.57. The predicted octanol–water partition coefficient (Wildman–Crippen LogP) is 4.81. The van der Waals surface area contributed by atoms with Gasteiger partial charge in [0.25, 0.3) is 0 Å². The number of aliphatic hydroxyl groups is 1. The quantitative estimate of drug-likeness (QED) is 0.605. The van der Waals surface area contributed by atoms with Crippen molar-refractivity contribution >= 4 is 23.5 Å². The summed E-state index contributed by atoms with van der Waals surface area (Å²) in [5, 5.41) is 21.6. The lowest BCUT2D eigenvalue weighted by molar-refractivity contribution is 0.0152. The first-order chi connectivity index (χ1) is 12.4. The van der Waals surface area contributed by atoms with Crippen LogP contribution in [0.15, 0.2) is 53.4 Å². The molecule has 0 aliphatic rings. The standard InChI is InChI=1S/C20H25NO4S/c1-20(2,12-13-22)18(14-4-8-16(23)9-5-14)25-19(24)21-15-6-10-17(26-3)11-7-15/h4-11,18,22-23H,12-13H2,1-3H3,(H,21,24)/t18-/m0/s1. The molecular formula is C20H25NO4S. The summed E-state index contributed by atoms with van der Waals surface area (Å²) in [5.41, 5.74) is 0.928. The molecule has 0 heterocycles. The molecule has 0 aromatic heterocycles. The van der Waals surface area contributed by atoms with Crippen LogP contribution < -0.4 is 5.32 Å². The summed E-state index contributed by atoms with van der Waals surface area (Å²) in [7, 11) is 0. The minimum absolute atomic E-state index is 0.0112. The number of aromatic hydroxyl groups is 1. The third-order valence-electron chi connectivity index (χ3n) is 4.22. The highest BCUT2D eigenvalue weighted by Crippen LogP contribution is 2.40. The summed E-state index contributed by atoms with van der Waals surface area (Å²) < 4.78 is 5.71. The smallest absolute Gasteiger partial charge is 0.412 e. The fourth-order valence-corrected chi connectivity index (χ4v) is 3.08. The van der Waals surface area contributed by atoms with Crippen LogP contribution in [-0.2, 0) is 4.74 Å². The van der Waals surface area contributed by atoms with Crippen LogP contribution >= 0.6 is 11.8 Å². The molecule has 3 N–H and O–H groups in total. The monoisotopic (exact) mass is 375 g/mol. The predicted molar refractivity (Wildman–Crippen MR) is 105 cm³/mol. The molecule has 0 unspecified atom stereocenters. The summed E-state index contributed by atoms with van der Waals surface area (Å²) in [6.07, 6.45) is 1.32. The lowest BCUT2D eigenvalue weighted by atomic mass is 9.80. The topological polar surface area (TPSA) is 78.8 Å². The van der Waals surface area contributed by atoms with Crippen molar-refractivity contribution in [3.8, 4) is 5.75 Å². The van der Waals surface area contributed by atoms with Gasteiger partial charge < -0.3 is 14.9 Å². The number of ether oxygens (including phenoxy) is 1. The number of carbonyl (C=O) groups excluding carboxylic acids is 1. The maximum absolute atomic E-state index is 12.4. The maximum atomic E-state index is 12.4. The molecule has 26 heavy (non-hydrogen) atoms. The average molecular weight is 375 g/mol. The SMILES string of the molecule is CSc1ccc(NC(=O)O[C@@H](c2ccc(O)cc2)C(C)(C)CCO)cc1. The van der Waals surface area contributed by atoms with Crippen LogP contribution in [-0.4, -0.2) is 29.2 Å². The molecule has 0 aliphatic heterocycles. The van der Waals surface area contributed by atoms with Gasteiger partial charge in [0.05, 0.1) is 0 Å². The van der Waals surface area contributed by atoms with Crippen LogP contribution in [0.3, 0.4) is 0 Å². The van der Waals surface area contributed by atoms with Crippen molar-refractivity contribution in [2.45, 2.75) is 31.3 Å². The minimum atomic E-state index is -0.569. The summed E-state index contributed by atoms with van der Waals surface area (Å²) >= 11 is 1.63. The maximum Gasteiger partial charge on any atom is 0.412 e. The van der Waals surface area contributed by atoms with E-state index in [9.17, 15) is 15.0 Å². The molecule has 0 saturated heterocycles. The number of hydrogen-bond acceptors (Lipinski definition) is 5. The van der Waals surface area contributed by atoms with E-state index < -0.39 is 17.6 Å². The highest BCUT2D eigenvalue weighted by Gasteiger charge is 2.34. The molecule has 1 amide bonds. The van der Waals surface area contributed by atoms with E-state index in [0.717, 1.165) is 10.5 Å². The second kappa shape index (κ2) is 8.96. The number of nitrogens with one attached hydrogen (secondary N) is 1. The van der Waals surface area contributed by atoms with Gasteiger partial charge in [0.15, 0.2) is 0 Å². The van der Waals surface area contributed by atoms with Crippen LogP contribution in [0.4, 0.5) is 10.5 Å². The van der Waals surface area contributed by atoms with Crippen molar-refractivity contribution < 1.29 is 19.7 Å². The Morgan fingerprint density at radius 1 is 1.15 bits per heavy atom. The minimum Gasteiger partial charge on any atom is -0.508 e. The van der Waals surface area contributed by atoms with Crippen molar-refractivity contribution in [1.82, 2.24) is 0 Å². The van der Waals surface area contributed by atoms with E-state index in [1.165, 1.54) is 0 Å². The Morgan fingerprint density at radius 2 is 1.77 bits per heavy atom. The molecule has 2 rings (SSSR count). The van der Waals surface area contributed by atoms with Gasteiger partial charge in [-0.05, 0) is 54.6 Å².